The van der Waals surface area contributed by atoms with E-state index in [1.807, 2.05) is 0 Å². The summed E-state index contributed by atoms with van der Waals surface area (Å²) >= 11 is 0. The van der Waals surface area contributed by atoms with E-state index in [-0.39, 0.29) is 6.54 Å². The third kappa shape index (κ3) is 3.34. The Morgan fingerprint density at radius 3 is 2.00 bits per heavy atom. The molecule has 0 amide bonds. The molecule has 0 aromatic heterocycles. The first kappa shape index (κ1) is 11.6. The molecule has 0 bridgehead atoms. The van der Waals surface area contributed by atoms with Crippen molar-refractivity contribution in [2.24, 2.45) is 5.14 Å². The van der Waals surface area contributed by atoms with Gasteiger partial charge in [-0.25, -0.2) is 5.14 Å². The first-order chi connectivity index (χ1) is 5.19. The molecule has 12 heavy (non-hydrogen) atoms. The molecule has 0 heterocycles. The van der Waals surface area contributed by atoms with Gasteiger partial charge >= 0.3 is 0 Å². The Morgan fingerprint density at radius 1 is 1.50 bits per heavy atom. The average Bonchev–Trinajstić information content (AvgIpc) is 1.77. The fraction of sp³-hybridized carbons (Fsp3) is 0.714. The predicted octanol–water partition coefficient (Wildman–Crippen LogP) is 0.476. The molecule has 0 aliphatic carbocycles. The third-order valence-corrected chi connectivity index (χ3v) is 2.66. The SMILES string of the molecule is C=CCN(C(C)(C)C)S(N)(=O)=O. The molecular formula is C7H16N2O2S. The van der Waals surface area contributed by atoms with Crippen molar-refractivity contribution in [3.05, 3.63) is 12.7 Å². The van der Waals surface area contributed by atoms with Crippen molar-refractivity contribution in [1.29, 1.82) is 0 Å². The minimum atomic E-state index is -3.62. The highest BCUT2D eigenvalue weighted by Gasteiger charge is 2.28. The van der Waals surface area contributed by atoms with Crippen LogP contribution >= 0.6 is 0 Å². The zero-order chi connectivity index (χ0) is 9.99. The molecule has 2 N–H and O–H groups in total. The highest BCUT2D eigenvalue weighted by molar-refractivity contribution is 7.86. The monoisotopic (exact) mass is 192 g/mol. The predicted molar refractivity (Wildman–Crippen MR) is 49.8 cm³/mol. The molecule has 0 saturated heterocycles. The lowest BCUT2D eigenvalue weighted by Crippen LogP contribution is -2.48. The van der Waals surface area contributed by atoms with E-state index in [9.17, 15) is 8.42 Å². The van der Waals surface area contributed by atoms with Crippen molar-refractivity contribution in [2.75, 3.05) is 6.54 Å². The van der Waals surface area contributed by atoms with Crippen LogP contribution in [0.15, 0.2) is 12.7 Å². The second-order valence-corrected chi connectivity index (χ2v) is 5.01. The lowest BCUT2D eigenvalue weighted by Gasteiger charge is -2.31. The number of rotatable bonds is 3. The van der Waals surface area contributed by atoms with Crippen LogP contribution in [0.4, 0.5) is 0 Å². The summed E-state index contributed by atoms with van der Waals surface area (Å²) in [5, 5.41) is 5.00. The molecule has 0 aliphatic heterocycles. The Labute approximate surface area is 74.2 Å². The van der Waals surface area contributed by atoms with Gasteiger partial charge in [-0.15, -0.1) is 6.58 Å². The van der Waals surface area contributed by atoms with Crippen molar-refractivity contribution >= 4 is 10.2 Å². The average molecular weight is 192 g/mol. The van der Waals surface area contributed by atoms with Crippen LogP contribution < -0.4 is 5.14 Å². The molecular weight excluding hydrogens is 176 g/mol. The highest BCUT2D eigenvalue weighted by atomic mass is 32.2. The van der Waals surface area contributed by atoms with Gasteiger partial charge in [-0.3, -0.25) is 0 Å². The summed E-state index contributed by atoms with van der Waals surface area (Å²) in [5.41, 5.74) is -0.498. The van der Waals surface area contributed by atoms with Gasteiger partial charge in [-0.2, -0.15) is 12.7 Å². The van der Waals surface area contributed by atoms with Gasteiger partial charge in [0.15, 0.2) is 0 Å². The fourth-order valence-corrected chi connectivity index (χ4v) is 1.95. The van der Waals surface area contributed by atoms with Gasteiger partial charge < -0.3 is 0 Å². The minimum Gasteiger partial charge on any atom is -0.216 e. The number of nitrogens with two attached hydrogens (primary N) is 1. The van der Waals surface area contributed by atoms with Crippen LogP contribution in [0.2, 0.25) is 0 Å². The van der Waals surface area contributed by atoms with E-state index in [0.29, 0.717) is 0 Å². The van der Waals surface area contributed by atoms with Gasteiger partial charge in [0.1, 0.15) is 0 Å². The minimum absolute atomic E-state index is 0.238. The first-order valence-electron chi connectivity index (χ1n) is 3.61. The van der Waals surface area contributed by atoms with E-state index in [0.717, 1.165) is 0 Å². The molecule has 0 unspecified atom stereocenters. The summed E-state index contributed by atoms with van der Waals surface area (Å²) < 4.78 is 23.2. The van der Waals surface area contributed by atoms with Gasteiger partial charge in [0.2, 0.25) is 0 Å². The van der Waals surface area contributed by atoms with Crippen molar-refractivity contribution < 1.29 is 8.42 Å². The van der Waals surface area contributed by atoms with E-state index in [4.69, 9.17) is 5.14 Å². The van der Waals surface area contributed by atoms with E-state index >= 15 is 0 Å². The molecule has 0 aromatic rings. The van der Waals surface area contributed by atoms with Gasteiger partial charge in [-0.05, 0) is 20.8 Å². The zero-order valence-electron chi connectivity index (χ0n) is 7.74. The van der Waals surface area contributed by atoms with Crippen molar-refractivity contribution in [1.82, 2.24) is 4.31 Å². The first-order valence-corrected chi connectivity index (χ1v) is 5.11. The summed E-state index contributed by atoms with van der Waals surface area (Å²) in [5.74, 6) is 0. The van der Waals surface area contributed by atoms with Crippen LogP contribution in [0.1, 0.15) is 20.8 Å². The maximum Gasteiger partial charge on any atom is 0.277 e. The second kappa shape index (κ2) is 3.55. The third-order valence-electron chi connectivity index (χ3n) is 1.35. The summed E-state index contributed by atoms with van der Waals surface area (Å²) in [6.07, 6.45) is 1.51. The summed E-state index contributed by atoms with van der Waals surface area (Å²) in [6, 6.07) is 0. The Kier molecular flexibility index (Phi) is 3.44. The molecule has 0 aromatic carbocycles. The van der Waals surface area contributed by atoms with Crippen molar-refractivity contribution in [3.8, 4) is 0 Å². The molecule has 0 radical (unpaired) electrons. The second-order valence-electron chi connectivity index (χ2n) is 3.54. The van der Waals surface area contributed by atoms with Crippen LogP contribution in [0.5, 0.6) is 0 Å². The quantitative estimate of drug-likeness (QED) is 0.661. The molecule has 5 heteroatoms. The smallest absolute Gasteiger partial charge is 0.216 e. The standard InChI is InChI=1S/C7H16N2O2S/c1-5-6-9(7(2,3)4)12(8,10)11/h5H,1,6H2,2-4H3,(H2,8,10,11). The van der Waals surface area contributed by atoms with E-state index < -0.39 is 15.7 Å². The molecule has 72 valence electrons. The van der Waals surface area contributed by atoms with E-state index in [2.05, 4.69) is 6.58 Å². The number of hydrogen-bond acceptors (Lipinski definition) is 2. The van der Waals surface area contributed by atoms with Gasteiger partial charge in [0.25, 0.3) is 10.2 Å². The summed E-state index contributed by atoms with van der Waals surface area (Å²) in [4.78, 5) is 0. The summed E-state index contributed by atoms with van der Waals surface area (Å²) in [7, 11) is -3.62. The number of hydrogen-bond donors (Lipinski definition) is 1. The summed E-state index contributed by atoms with van der Waals surface area (Å²) in [6.45, 7) is 9.04. The maximum atomic E-state index is 11.0. The molecule has 4 nitrogen and oxygen atoms in total. The van der Waals surface area contributed by atoms with Gasteiger partial charge in [0, 0.05) is 12.1 Å². The Balaban J connectivity index is 4.81. The Hall–Kier alpha value is -0.390. The van der Waals surface area contributed by atoms with Crippen molar-refractivity contribution in [2.45, 2.75) is 26.3 Å². The van der Waals surface area contributed by atoms with Crippen LogP contribution in [0.25, 0.3) is 0 Å². The molecule has 0 atom stereocenters. The maximum absolute atomic E-state index is 11.0. The molecule has 0 saturated carbocycles. The molecule has 0 fully saturated rings. The normalized spacial score (nSPS) is 13.4. The Morgan fingerprint density at radius 2 is 1.92 bits per heavy atom. The molecule has 0 spiro atoms. The fourth-order valence-electron chi connectivity index (χ4n) is 0.877. The van der Waals surface area contributed by atoms with Crippen LogP contribution in [0.3, 0.4) is 0 Å². The highest BCUT2D eigenvalue weighted by Crippen LogP contribution is 2.15. The lowest BCUT2D eigenvalue weighted by molar-refractivity contribution is 0.270. The van der Waals surface area contributed by atoms with Crippen LogP contribution in [0, 0.1) is 0 Å². The lowest BCUT2D eigenvalue weighted by atomic mass is 10.1. The van der Waals surface area contributed by atoms with E-state index in [1.54, 1.807) is 20.8 Å². The van der Waals surface area contributed by atoms with E-state index in [1.165, 1.54) is 10.4 Å². The van der Waals surface area contributed by atoms with Gasteiger partial charge in [0.05, 0.1) is 0 Å². The van der Waals surface area contributed by atoms with Crippen molar-refractivity contribution in [3.63, 3.8) is 0 Å². The molecule has 0 aliphatic rings. The zero-order valence-corrected chi connectivity index (χ0v) is 8.56. The largest absolute Gasteiger partial charge is 0.277 e. The van der Waals surface area contributed by atoms with Gasteiger partial charge in [-0.1, -0.05) is 6.08 Å². The topological polar surface area (TPSA) is 63.4 Å². The van der Waals surface area contributed by atoms with Crippen LogP contribution in [-0.4, -0.2) is 24.8 Å². The Bertz CT molecular complexity index is 251. The van der Waals surface area contributed by atoms with Crippen LogP contribution in [-0.2, 0) is 10.2 Å². The molecule has 0 rings (SSSR count). The number of nitrogens with zero attached hydrogens (tertiary/aromatic N) is 1.